The molecule has 0 radical (unpaired) electrons. The van der Waals surface area contributed by atoms with E-state index in [9.17, 15) is 9.90 Å². The Hall–Kier alpha value is -3.50. The molecule has 4 heteroatoms. The number of aliphatic hydroxyl groups is 1. The molecule has 0 bridgehead atoms. The van der Waals surface area contributed by atoms with Crippen LogP contribution in [0.25, 0.3) is 5.57 Å². The van der Waals surface area contributed by atoms with Gasteiger partial charge in [-0.2, -0.15) is 0 Å². The Balaban J connectivity index is 2.05. The number of carbonyl (C=O) groups is 1. The largest absolute Gasteiger partial charge is 0.467 e. The maximum atomic E-state index is 12.7. The summed E-state index contributed by atoms with van der Waals surface area (Å²) in [6.45, 7) is 1.81. The molecule has 0 saturated carbocycles. The molecule has 0 amide bonds. The van der Waals surface area contributed by atoms with Crippen molar-refractivity contribution in [3.8, 4) is 0 Å². The van der Waals surface area contributed by atoms with E-state index in [1.165, 1.54) is 7.11 Å². The molecular weight excluding hydrogens is 386 g/mol. The van der Waals surface area contributed by atoms with Crippen molar-refractivity contribution in [1.82, 2.24) is 0 Å². The van der Waals surface area contributed by atoms with Gasteiger partial charge in [-0.05, 0) is 18.1 Å². The van der Waals surface area contributed by atoms with Gasteiger partial charge in [0.25, 0.3) is 0 Å². The average Bonchev–Trinajstić information content (AvgIpc) is 2.83. The maximum Gasteiger partial charge on any atom is 0.330 e. The van der Waals surface area contributed by atoms with Gasteiger partial charge in [0.15, 0.2) is 6.04 Å². The summed E-state index contributed by atoms with van der Waals surface area (Å²) in [5.41, 5.74) is 5.21. The molecule has 3 rings (SSSR count). The molecule has 0 aliphatic heterocycles. The van der Waals surface area contributed by atoms with Crippen LogP contribution in [0.3, 0.4) is 0 Å². The van der Waals surface area contributed by atoms with Gasteiger partial charge in [-0.15, -0.1) is 0 Å². The van der Waals surface area contributed by atoms with Crippen molar-refractivity contribution in [3.05, 3.63) is 113 Å². The number of aliphatic hydroxyl groups excluding tert-OH is 1. The van der Waals surface area contributed by atoms with E-state index in [0.29, 0.717) is 6.42 Å². The van der Waals surface area contributed by atoms with E-state index in [1.54, 1.807) is 0 Å². The number of aliphatic imine (C=N–C) groups is 1. The second kappa shape index (κ2) is 11.0. The van der Waals surface area contributed by atoms with Crippen molar-refractivity contribution >= 4 is 17.3 Å². The van der Waals surface area contributed by atoms with Crippen molar-refractivity contribution < 1.29 is 14.6 Å². The van der Waals surface area contributed by atoms with E-state index >= 15 is 0 Å². The molecule has 1 atom stereocenters. The summed E-state index contributed by atoms with van der Waals surface area (Å²) >= 11 is 0. The van der Waals surface area contributed by atoms with E-state index in [-0.39, 0.29) is 6.61 Å². The number of nitrogens with zero attached hydrogens (tertiary/aromatic N) is 1. The molecule has 3 aromatic carbocycles. The van der Waals surface area contributed by atoms with Gasteiger partial charge in [0.1, 0.15) is 0 Å². The summed E-state index contributed by atoms with van der Waals surface area (Å²) in [7, 11) is 1.37. The first-order chi connectivity index (χ1) is 15.1. The van der Waals surface area contributed by atoms with Crippen molar-refractivity contribution in [2.75, 3.05) is 13.7 Å². The number of methoxy groups -OCH3 is 1. The normalized spacial score (nSPS) is 12.5. The van der Waals surface area contributed by atoms with Crippen molar-refractivity contribution in [2.45, 2.75) is 19.4 Å². The number of ether oxygens (including phenoxy) is 1. The maximum absolute atomic E-state index is 12.7. The number of hydrogen-bond acceptors (Lipinski definition) is 4. The van der Waals surface area contributed by atoms with Crippen LogP contribution < -0.4 is 0 Å². The fourth-order valence-electron chi connectivity index (χ4n) is 3.51. The standard InChI is InChI=1S/C27H27NO3/c1-20(24(19-29)21-12-6-3-7-13-21)18-25(27(30)31-2)28-26(22-14-8-4-9-15-22)23-16-10-5-11-17-23/h3-17,25,29H,18-19H2,1-2H3/b24-20+. The number of esters is 1. The highest BCUT2D eigenvalue weighted by Gasteiger charge is 2.22. The van der Waals surface area contributed by atoms with E-state index in [2.05, 4.69) is 0 Å². The molecule has 0 aromatic heterocycles. The lowest BCUT2D eigenvalue weighted by atomic mass is 9.96. The Morgan fingerprint density at radius 3 is 1.71 bits per heavy atom. The van der Waals surface area contributed by atoms with Crippen LogP contribution in [0.4, 0.5) is 0 Å². The topological polar surface area (TPSA) is 58.9 Å². The third-order valence-corrected chi connectivity index (χ3v) is 5.15. The zero-order valence-electron chi connectivity index (χ0n) is 17.9. The van der Waals surface area contributed by atoms with Crippen molar-refractivity contribution in [1.29, 1.82) is 0 Å². The quantitative estimate of drug-likeness (QED) is 0.421. The molecule has 1 unspecified atom stereocenters. The van der Waals surface area contributed by atoms with Crippen molar-refractivity contribution in [3.63, 3.8) is 0 Å². The predicted octanol–water partition coefficient (Wildman–Crippen LogP) is 4.92. The number of carbonyl (C=O) groups excluding carboxylic acids is 1. The van der Waals surface area contributed by atoms with Gasteiger partial charge in [0.05, 0.1) is 19.4 Å². The molecule has 0 heterocycles. The highest BCUT2D eigenvalue weighted by atomic mass is 16.5. The Bertz CT molecular complexity index is 1000. The Labute approximate surface area is 183 Å². The summed E-state index contributed by atoms with van der Waals surface area (Å²) < 4.78 is 5.07. The molecule has 0 aliphatic carbocycles. The van der Waals surface area contributed by atoms with Crippen LogP contribution in [0.1, 0.15) is 30.0 Å². The van der Waals surface area contributed by atoms with Gasteiger partial charge in [-0.1, -0.05) is 96.6 Å². The second-order valence-electron chi connectivity index (χ2n) is 7.24. The molecule has 31 heavy (non-hydrogen) atoms. The van der Waals surface area contributed by atoms with Crippen LogP contribution in [-0.4, -0.2) is 36.5 Å². The molecule has 0 saturated heterocycles. The molecule has 0 fully saturated rings. The van der Waals surface area contributed by atoms with Crippen LogP contribution in [0, 0.1) is 0 Å². The summed E-state index contributed by atoms with van der Waals surface area (Å²) in [5, 5.41) is 9.99. The zero-order chi connectivity index (χ0) is 22.1. The fourth-order valence-corrected chi connectivity index (χ4v) is 3.51. The lowest BCUT2D eigenvalue weighted by Gasteiger charge is -2.17. The second-order valence-corrected chi connectivity index (χ2v) is 7.24. The molecule has 0 spiro atoms. The molecule has 4 nitrogen and oxygen atoms in total. The zero-order valence-corrected chi connectivity index (χ0v) is 17.9. The minimum absolute atomic E-state index is 0.113. The van der Waals surface area contributed by atoms with Gasteiger partial charge in [-0.25, -0.2) is 4.79 Å². The molecule has 158 valence electrons. The van der Waals surface area contributed by atoms with Crippen LogP contribution in [0.5, 0.6) is 0 Å². The monoisotopic (exact) mass is 413 g/mol. The minimum Gasteiger partial charge on any atom is -0.467 e. The van der Waals surface area contributed by atoms with Gasteiger partial charge >= 0.3 is 5.97 Å². The van der Waals surface area contributed by atoms with Gasteiger partial charge in [-0.3, -0.25) is 4.99 Å². The number of hydrogen-bond donors (Lipinski definition) is 1. The molecular formula is C27H27NO3. The van der Waals surface area contributed by atoms with Crippen LogP contribution in [0.2, 0.25) is 0 Å². The van der Waals surface area contributed by atoms with Crippen molar-refractivity contribution in [2.24, 2.45) is 4.99 Å². The third-order valence-electron chi connectivity index (χ3n) is 5.15. The van der Waals surface area contributed by atoms with Crippen LogP contribution in [0.15, 0.2) is 102 Å². The lowest BCUT2D eigenvalue weighted by molar-refractivity contribution is -0.142. The smallest absolute Gasteiger partial charge is 0.330 e. The van der Waals surface area contributed by atoms with Crippen LogP contribution in [-0.2, 0) is 9.53 Å². The number of rotatable bonds is 8. The first kappa shape index (κ1) is 22.2. The van der Waals surface area contributed by atoms with E-state index in [1.807, 2.05) is 97.9 Å². The van der Waals surface area contributed by atoms with Crippen LogP contribution >= 0.6 is 0 Å². The Kier molecular flexibility index (Phi) is 7.91. The first-order valence-electron chi connectivity index (χ1n) is 10.3. The first-order valence-corrected chi connectivity index (χ1v) is 10.3. The van der Waals surface area contributed by atoms with Gasteiger partial charge in [0, 0.05) is 17.5 Å². The van der Waals surface area contributed by atoms with E-state index < -0.39 is 12.0 Å². The molecule has 1 N–H and O–H groups in total. The Morgan fingerprint density at radius 2 is 1.29 bits per heavy atom. The molecule has 3 aromatic rings. The average molecular weight is 414 g/mol. The third kappa shape index (κ3) is 5.77. The van der Waals surface area contributed by atoms with Gasteiger partial charge < -0.3 is 9.84 Å². The summed E-state index contributed by atoms with van der Waals surface area (Å²) in [6.07, 6.45) is 0.348. The predicted molar refractivity (Wildman–Crippen MR) is 125 cm³/mol. The Morgan fingerprint density at radius 1 is 0.839 bits per heavy atom. The highest BCUT2D eigenvalue weighted by molar-refractivity contribution is 6.13. The fraction of sp³-hybridized carbons (Fsp3) is 0.185. The SMILES string of the molecule is COC(=O)C(C/C(C)=C(\CO)c1ccccc1)N=C(c1ccccc1)c1ccccc1. The minimum atomic E-state index is -0.731. The molecule has 0 aliphatic rings. The van der Waals surface area contributed by atoms with E-state index in [0.717, 1.165) is 33.5 Å². The highest BCUT2D eigenvalue weighted by Crippen LogP contribution is 2.23. The summed E-state index contributed by atoms with van der Waals surface area (Å²) in [5.74, 6) is -0.408. The summed E-state index contributed by atoms with van der Waals surface area (Å²) in [4.78, 5) is 17.5. The van der Waals surface area contributed by atoms with Gasteiger partial charge in [0.2, 0.25) is 0 Å². The number of benzene rings is 3. The van der Waals surface area contributed by atoms with E-state index in [4.69, 9.17) is 9.73 Å². The lowest BCUT2D eigenvalue weighted by Crippen LogP contribution is -2.23. The summed E-state index contributed by atoms with van der Waals surface area (Å²) in [6, 6.07) is 28.6.